The lowest BCUT2D eigenvalue weighted by Crippen LogP contribution is -2.39. The van der Waals surface area contributed by atoms with Crippen LogP contribution in [-0.2, 0) is 16.9 Å². The van der Waals surface area contributed by atoms with Crippen molar-refractivity contribution in [1.29, 1.82) is 0 Å². The van der Waals surface area contributed by atoms with Crippen LogP contribution in [0.15, 0.2) is 78.9 Å². The highest BCUT2D eigenvalue weighted by Gasteiger charge is 2.48. The highest BCUT2D eigenvalue weighted by Crippen LogP contribution is 2.40. The molecule has 0 spiro atoms. The Morgan fingerprint density at radius 3 is 2.54 bits per heavy atom. The molecule has 0 saturated carbocycles. The first kappa shape index (κ1) is 17.8. The van der Waals surface area contributed by atoms with Crippen molar-refractivity contribution in [3.8, 4) is 17.6 Å². The molecule has 1 amide bonds. The molecule has 3 aromatic carbocycles. The summed E-state index contributed by atoms with van der Waals surface area (Å²) in [5.41, 5.74) is 0.953. The van der Waals surface area contributed by atoms with Crippen LogP contribution in [-0.4, -0.2) is 18.1 Å². The van der Waals surface area contributed by atoms with Crippen LogP contribution in [0.4, 0.5) is 5.69 Å². The van der Waals surface area contributed by atoms with Gasteiger partial charge in [0, 0.05) is 11.1 Å². The number of para-hydroxylation sites is 1. The van der Waals surface area contributed by atoms with Gasteiger partial charge in [0.05, 0.1) is 19.3 Å². The summed E-state index contributed by atoms with van der Waals surface area (Å²) in [7, 11) is 1.58. The Bertz CT molecular complexity index is 1080. The maximum Gasteiger partial charge on any atom is 0.276 e. The van der Waals surface area contributed by atoms with Gasteiger partial charge in [-0.15, -0.1) is 0 Å². The fraction of sp³-hybridized carbons (Fsp3) is 0.125. The molecule has 4 nitrogen and oxygen atoms in total. The average molecular weight is 369 g/mol. The lowest BCUT2D eigenvalue weighted by Gasteiger charge is -2.19. The third-order valence-electron chi connectivity index (χ3n) is 4.78. The second kappa shape index (κ2) is 7.22. The number of amides is 1. The van der Waals surface area contributed by atoms with Gasteiger partial charge < -0.3 is 14.7 Å². The number of rotatable bonds is 3. The van der Waals surface area contributed by atoms with E-state index in [4.69, 9.17) is 4.74 Å². The largest absolute Gasteiger partial charge is 0.497 e. The first-order valence-electron chi connectivity index (χ1n) is 8.97. The Morgan fingerprint density at radius 2 is 1.75 bits per heavy atom. The van der Waals surface area contributed by atoms with E-state index in [1.54, 1.807) is 30.2 Å². The lowest BCUT2D eigenvalue weighted by molar-refractivity contribution is -0.130. The van der Waals surface area contributed by atoms with Crippen molar-refractivity contribution in [2.45, 2.75) is 12.1 Å². The summed E-state index contributed by atoms with van der Waals surface area (Å²) in [6, 6.07) is 24.1. The van der Waals surface area contributed by atoms with Gasteiger partial charge in [-0.1, -0.05) is 60.5 Å². The predicted molar refractivity (Wildman–Crippen MR) is 108 cm³/mol. The van der Waals surface area contributed by atoms with Crippen molar-refractivity contribution in [3.05, 3.63) is 95.6 Å². The molecular formula is C24H19NO3. The van der Waals surface area contributed by atoms with E-state index in [9.17, 15) is 9.90 Å². The van der Waals surface area contributed by atoms with E-state index in [1.807, 2.05) is 60.7 Å². The van der Waals surface area contributed by atoms with E-state index >= 15 is 0 Å². The number of benzene rings is 3. The van der Waals surface area contributed by atoms with E-state index in [0.29, 0.717) is 29.1 Å². The number of fused-ring (bicyclic) bond motifs is 1. The van der Waals surface area contributed by atoms with Crippen LogP contribution in [0.1, 0.15) is 16.7 Å². The summed E-state index contributed by atoms with van der Waals surface area (Å²) in [5, 5.41) is 11.3. The van der Waals surface area contributed by atoms with E-state index in [2.05, 4.69) is 11.8 Å². The number of ether oxygens (including phenoxy) is 1. The Labute approximate surface area is 164 Å². The van der Waals surface area contributed by atoms with Gasteiger partial charge in [-0.05, 0) is 35.7 Å². The van der Waals surface area contributed by atoms with E-state index < -0.39 is 11.5 Å². The zero-order valence-corrected chi connectivity index (χ0v) is 15.4. The second-order valence-electron chi connectivity index (χ2n) is 6.59. The molecule has 4 rings (SSSR count). The standard InChI is InChI=1S/C24H19NO3/c1-28-20-11-7-10-18(16-20)14-15-24(27)21-12-5-6-13-22(21)25(23(24)26)17-19-8-3-2-4-9-19/h2-13,16,27H,17H2,1H3. The molecule has 138 valence electrons. The number of aliphatic hydroxyl groups is 1. The summed E-state index contributed by atoms with van der Waals surface area (Å²) in [5.74, 6) is 5.97. The molecular weight excluding hydrogens is 350 g/mol. The Kier molecular flexibility index (Phi) is 4.60. The molecule has 0 aromatic heterocycles. The van der Waals surface area contributed by atoms with Crippen molar-refractivity contribution in [2.24, 2.45) is 0 Å². The van der Waals surface area contributed by atoms with Crippen LogP contribution in [0, 0.1) is 11.8 Å². The number of hydrogen-bond acceptors (Lipinski definition) is 3. The molecule has 0 aliphatic carbocycles. The first-order chi connectivity index (χ1) is 13.6. The molecule has 4 heteroatoms. The van der Waals surface area contributed by atoms with Crippen LogP contribution in [0.25, 0.3) is 0 Å². The van der Waals surface area contributed by atoms with Gasteiger partial charge >= 0.3 is 0 Å². The summed E-state index contributed by atoms with van der Waals surface area (Å²) < 4.78 is 5.21. The first-order valence-corrected chi connectivity index (χ1v) is 8.97. The fourth-order valence-electron chi connectivity index (χ4n) is 3.34. The minimum atomic E-state index is -1.88. The van der Waals surface area contributed by atoms with Gasteiger partial charge in [0.25, 0.3) is 5.91 Å². The van der Waals surface area contributed by atoms with Crippen LogP contribution < -0.4 is 9.64 Å². The molecule has 1 unspecified atom stereocenters. The Hall–Kier alpha value is -3.55. The minimum absolute atomic E-state index is 0.375. The molecule has 1 heterocycles. The summed E-state index contributed by atoms with van der Waals surface area (Å²) >= 11 is 0. The molecule has 1 N–H and O–H groups in total. The van der Waals surface area contributed by atoms with Gasteiger partial charge in [-0.2, -0.15) is 0 Å². The molecule has 3 aromatic rings. The van der Waals surface area contributed by atoms with Crippen LogP contribution >= 0.6 is 0 Å². The topological polar surface area (TPSA) is 49.8 Å². The van der Waals surface area contributed by atoms with Crippen LogP contribution in [0.2, 0.25) is 0 Å². The normalized spacial score (nSPS) is 17.6. The van der Waals surface area contributed by atoms with Gasteiger partial charge in [0.15, 0.2) is 0 Å². The number of methoxy groups -OCH3 is 1. The van der Waals surface area contributed by atoms with Gasteiger partial charge in [0.2, 0.25) is 5.60 Å². The van der Waals surface area contributed by atoms with Crippen molar-refractivity contribution in [1.82, 2.24) is 0 Å². The monoisotopic (exact) mass is 369 g/mol. The molecule has 1 atom stereocenters. The maximum absolute atomic E-state index is 13.2. The van der Waals surface area contributed by atoms with Crippen molar-refractivity contribution >= 4 is 11.6 Å². The SMILES string of the molecule is COc1cccc(C#CC2(O)C(=O)N(Cc3ccccc3)c3ccccc32)c1. The van der Waals surface area contributed by atoms with Gasteiger partial charge in [-0.3, -0.25) is 4.79 Å². The van der Waals surface area contributed by atoms with Crippen molar-refractivity contribution < 1.29 is 14.6 Å². The van der Waals surface area contributed by atoms with E-state index in [1.165, 1.54) is 0 Å². The Morgan fingerprint density at radius 1 is 1.00 bits per heavy atom. The molecule has 1 aliphatic heterocycles. The maximum atomic E-state index is 13.2. The molecule has 0 saturated heterocycles. The van der Waals surface area contributed by atoms with Crippen LogP contribution in [0.3, 0.4) is 0 Å². The molecule has 28 heavy (non-hydrogen) atoms. The minimum Gasteiger partial charge on any atom is -0.497 e. The third kappa shape index (κ3) is 3.13. The fourth-order valence-corrected chi connectivity index (χ4v) is 3.34. The quantitative estimate of drug-likeness (QED) is 0.719. The Balaban J connectivity index is 1.73. The molecule has 0 bridgehead atoms. The number of nitrogens with zero attached hydrogens (tertiary/aromatic N) is 1. The van der Waals surface area contributed by atoms with Crippen molar-refractivity contribution in [2.75, 3.05) is 12.0 Å². The van der Waals surface area contributed by atoms with Crippen molar-refractivity contribution in [3.63, 3.8) is 0 Å². The van der Waals surface area contributed by atoms with Crippen LogP contribution in [0.5, 0.6) is 5.75 Å². The zero-order chi connectivity index (χ0) is 19.6. The van der Waals surface area contributed by atoms with Gasteiger partial charge in [-0.25, -0.2) is 0 Å². The predicted octanol–water partition coefficient (Wildman–Crippen LogP) is 3.48. The number of hydrogen-bond donors (Lipinski definition) is 1. The molecule has 0 radical (unpaired) electrons. The molecule has 0 fully saturated rings. The lowest BCUT2D eigenvalue weighted by atomic mass is 9.95. The number of anilines is 1. The summed E-state index contributed by atoms with van der Waals surface area (Å²) in [6.07, 6.45) is 0. The van der Waals surface area contributed by atoms with Gasteiger partial charge in [0.1, 0.15) is 5.75 Å². The molecule has 1 aliphatic rings. The smallest absolute Gasteiger partial charge is 0.276 e. The number of carbonyl (C=O) groups excluding carboxylic acids is 1. The number of carbonyl (C=O) groups is 1. The third-order valence-corrected chi connectivity index (χ3v) is 4.78. The van der Waals surface area contributed by atoms with E-state index in [-0.39, 0.29) is 0 Å². The highest BCUT2D eigenvalue weighted by atomic mass is 16.5. The second-order valence-corrected chi connectivity index (χ2v) is 6.59. The summed E-state index contributed by atoms with van der Waals surface area (Å²) in [4.78, 5) is 14.8. The average Bonchev–Trinajstić information content (AvgIpc) is 2.96. The highest BCUT2D eigenvalue weighted by molar-refractivity contribution is 6.09. The van der Waals surface area contributed by atoms with E-state index in [0.717, 1.165) is 5.56 Å². The summed E-state index contributed by atoms with van der Waals surface area (Å²) in [6.45, 7) is 0.375. The zero-order valence-electron chi connectivity index (χ0n) is 15.4.